The molecule has 2 aromatic rings. The number of nitrogens with one attached hydrogen (secondary N) is 2. The van der Waals surface area contributed by atoms with E-state index < -0.39 is 0 Å². The molecule has 2 aromatic carbocycles. The number of halogens is 1. The monoisotopic (exact) mass is 348 g/mol. The third-order valence-corrected chi connectivity index (χ3v) is 3.86. The lowest BCUT2D eigenvalue weighted by molar-refractivity contribution is 0.0951. The molecule has 0 saturated heterocycles. The summed E-state index contributed by atoms with van der Waals surface area (Å²) in [5.74, 6) is 0.577. The Bertz CT molecular complexity index is 674. The highest BCUT2D eigenvalue weighted by molar-refractivity contribution is 6.31. The van der Waals surface area contributed by atoms with Gasteiger partial charge in [0.1, 0.15) is 5.75 Å². The zero-order chi connectivity index (χ0) is 17.4. The molecule has 24 heavy (non-hydrogen) atoms. The third kappa shape index (κ3) is 5.15. The highest BCUT2D eigenvalue weighted by Crippen LogP contribution is 2.23. The smallest absolute Gasteiger partial charge is 0.251 e. The van der Waals surface area contributed by atoms with Gasteiger partial charge in [0.2, 0.25) is 0 Å². The molecule has 0 radical (unpaired) electrons. The summed E-state index contributed by atoms with van der Waals surface area (Å²) in [6.45, 7) is 1.10. The first-order chi connectivity index (χ1) is 11.6. The summed E-state index contributed by atoms with van der Waals surface area (Å²) >= 11 is 6.21. The molecule has 0 bridgehead atoms. The highest BCUT2D eigenvalue weighted by Gasteiger charge is 2.05. The Morgan fingerprint density at radius 3 is 2.58 bits per heavy atom. The number of benzene rings is 2. The van der Waals surface area contributed by atoms with Gasteiger partial charge in [0.25, 0.3) is 5.91 Å². The average molecular weight is 349 g/mol. The third-order valence-electron chi connectivity index (χ3n) is 3.51. The van der Waals surface area contributed by atoms with Gasteiger partial charge in [-0.05, 0) is 48.4 Å². The summed E-state index contributed by atoms with van der Waals surface area (Å²) in [5.41, 5.74) is 2.44. The Kier molecular flexibility index (Phi) is 6.90. The van der Waals surface area contributed by atoms with Gasteiger partial charge in [0, 0.05) is 36.0 Å². The summed E-state index contributed by atoms with van der Waals surface area (Å²) in [5, 5.41) is 15.4. The van der Waals surface area contributed by atoms with Crippen LogP contribution >= 0.6 is 11.6 Å². The molecule has 0 spiro atoms. The molecule has 0 aromatic heterocycles. The lowest BCUT2D eigenvalue weighted by Gasteiger charge is -2.10. The van der Waals surface area contributed by atoms with Crippen molar-refractivity contribution >= 4 is 23.2 Å². The Hall–Kier alpha value is -2.24. The van der Waals surface area contributed by atoms with Crippen LogP contribution in [0.25, 0.3) is 0 Å². The Morgan fingerprint density at radius 1 is 1.21 bits per heavy atom. The summed E-state index contributed by atoms with van der Waals surface area (Å²) in [4.78, 5) is 11.9. The minimum absolute atomic E-state index is 0.0665. The van der Waals surface area contributed by atoms with Gasteiger partial charge in [-0.15, -0.1) is 0 Å². The molecule has 0 aliphatic heterocycles. The first-order valence-electron chi connectivity index (χ1n) is 7.69. The van der Waals surface area contributed by atoms with Crippen LogP contribution in [0.3, 0.4) is 0 Å². The maximum absolute atomic E-state index is 11.9. The Labute approximate surface area is 146 Å². The number of anilines is 1. The van der Waals surface area contributed by atoms with E-state index in [2.05, 4.69) is 10.6 Å². The van der Waals surface area contributed by atoms with E-state index in [0.717, 1.165) is 17.0 Å². The molecule has 3 N–H and O–H groups in total. The Balaban J connectivity index is 1.91. The maximum Gasteiger partial charge on any atom is 0.251 e. The van der Waals surface area contributed by atoms with E-state index in [1.807, 2.05) is 24.3 Å². The second-order valence-electron chi connectivity index (χ2n) is 5.22. The fraction of sp³-hybridized carbons (Fsp3) is 0.278. The van der Waals surface area contributed by atoms with E-state index in [9.17, 15) is 4.79 Å². The molecule has 6 heteroatoms. The minimum atomic E-state index is -0.145. The molecule has 1 amide bonds. The lowest BCUT2D eigenvalue weighted by Crippen LogP contribution is -2.24. The van der Waals surface area contributed by atoms with Crippen LogP contribution in [0.4, 0.5) is 5.69 Å². The van der Waals surface area contributed by atoms with Crippen LogP contribution < -0.4 is 15.4 Å². The second kappa shape index (κ2) is 9.15. The number of methoxy groups -OCH3 is 1. The summed E-state index contributed by atoms with van der Waals surface area (Å²) in [7, 11) is 1.60. The lowest BCUT2D eigenvalue weighted by atomic mass is 10.1. The number of carbonyl (C=O) groups is 1. The molecule has 0 aliphatic carbocycles. The van der Waals surface area contributed by atoms with Gasteiger partial charge in [-0.25, -0.2) is 0 Å². The highest BCUT2D eigenvalue weighted by atomic mass is 35.5. The molecular weight excluding hydrogens is 328 g/mol. The van der Waals surface area contributed by atoms with Crippen molar-refractivity contribution in [2.45, 2.75) is 13.0 Å². The van der Waals surface area contributed by atoms with Crippen LogP contribution in [0.2, 0.25) is 5.02 Å². The van der Waals surface area contributed by atoms with Crippen molar-refractivity contribution < 1.29 is 14.6 Å². The summed E-state index contributed by atoms with van der Waals surface area (Å²) < 4.78 is 5.13. The number of aliphatic hydroxyl groups excluding tert-OH is 1. The first-order valence-corrected chi connectivity index (χ1v) is 8.07. The number of aliphatic hydroxyl groups is 1. The van der Waals surface area contributed by atoms with Crippen LogP contribution in [0.5, 0.6) is 5.75 Å². The summed E-state index contributed by atoms with van der Waals surface area (Å²) in [6, 6.07) is 12.8. The molecular formula is C18H21ClN2O3. The number of rotatable bonds is 8. The SMILES string of the molecule is COc1ccc(CNc2ccc(C(=O)NCCCO)cc2)c(Cl)c1. The molecule has 2 rings (SSSR count). The molecule has 0 atom stereocenters. The standard InChI is InChI=1S/C18H21ClN2O3/c1-24-16-8-5-14(17(19)11-16)12-21-15-6-3-13(4-7-15)18(23)20-9-2-10-22/h3-8,11,21-22H,2,9-10,12H2,1H3,(H,20,23). The normalized spacial score (nSPS) is 10.3. The number of carbonyl (C=O) groups excluding carboxylic acids is 1. The molecule has 0 unspecified atom stereocenters. The number of amides is 1. The van der Waals surface area contributed by atoms with Gasteiger partial charge < -0.3 is 20.5 Å². The van der Waals surface area contributed by atoms with Gasteiger partial charge >= 0.3 is 0 Å². The molecule has 0 saturated carbocycles. The number of hydrogen-bond acceptors (Lipinski definition) is 4. The van der Waals surface area contributed by atoms with Gasteiger partial charge in [-0.2, -0.15) is 0 Å². The van der Waals surface area contributed by atoms with Gasteiger partial charge in [-0.1, -0.05) is 17.7 Å². The van der Waals surface area contributed by atoms with E-state index in [-0.39, 0.29) is 12.5 Å². The molecule has 5 nitrogen and oxygen atoms in total. The average Bonchev–Trinajstić information content (AvgIpc) is 2.61. The molecule has 0 heterocycles. The van der Waals surface area contributed by atoms with Gasteiger partial charge in [0.05, 0.1) is 7.11 Å². The first kappa shape index (κ1) is 18.1. The van der Waals surface area contributed by atoms with Crippen molar-refractivity contribution in [1.29, 1.82) is 0 Å². The fourth-order valence-corrected chi connectivity index (χ4v) is 2.36. The largest absolute Gasteiger partial charge is 0.497 e. The fourth-order valence-electron chi connectivity index (χ4n) is 2.12. The molecule has 128 valence electrons. The van der Waals surface area contributed by atoms with Crippen LogP contribution in [0.1, 0.15) is 22.3 Å². The van der Waals surface area contributed by atoms with Crippen molar-refractivity contribution in [3.63, 3.8) is 0 Å². The van der Waals surface area contributed by atoms with E-state index in [4.69, 9.17) is 21.4 Å². The van der Waals surface area contributed by atoms with Crippen molar-refractivity contribution in [3.05, 3.63) is 58.6 Å². The second-order valence-corrected chi connectivity index (χ2v) is 5.63. The van der Waals surface area contributed by atoms with Gasteiger partial charge in [0.15, 0.2) is 0 Å². The zero-order valence-corrected chi connectivity index (χ0v) is 14.3. The van der Waals surface area contributed by atoms with E-state index in [1.165, 1.54) is 0 Å². The Morgan fingerprint density at radius 2 is 1.96 bits per heavy atom. The number of hydrogen-bond donors (Lipinski definition) is 3. The molecule has 0 fully saturated rings. The van der Waals surface area contributed by atoms with E-state index in [1.54, 1.807) is 25.3 Å². The van der Waals surface area contributed by atoms with Crippen LogP contribution in [-0.2, 0) is 6.54 Å². The van der Waals surface area contributed by atoms with Crippen LogP contribution in [0.15, 0.2) is 42.5 Å². The molecule has 0 aliphatic rings. The quantitative estimate of drug-likeness (QED) is 0.641. The van der Waals surface area contributed by atoms with E-state index in [0.29, 0.717) is 30.1 Å². The van der Waals surface area contributed by atoms with Crippen LogP contribution in [-0.4, -0.2) is 31.3 Å². The predicted octanol–water partition coefficient (Wildman–Crippen LogP) is 3.07. The number of ether oxygens (including phenoxy) is 1. The maximum atomic E-state index is 11.9. The van der Waals surface area contributed by atoms with Crippen LogP contribution in [0, 0.1) is 0 Å². The van der Waals surface area contributed by atoms with Gasteiger partial charge in [-0.3, -0.25) is 4.79 Å². The zero-order valence-electron chi connectivity index (χ0n) is 13.5. The predicted molar refractivity (Wildman–Crippen MR) is 95.8 cm³/mol. The van der Waals surface area contributed by atoms with E-state index >= 15 is 0 Å². The van der Waals surface area contributed by atoms with Crippen molar-refractivity contribution in [1.82, 2.24) is 5.32 Å². The van der Waals surface area contributed by atoms with Crippen molar-refractivity contribution in [2.75, 3.05) is 25.6 Å². The van der Waals surface area contributed by atoms with Crippen molar-refractivity contribution in [2.24, 2.45) is 0 Å². The van der Waals surface area contributed by atoms with Crippen molar-refractivity contribution in [3.8, 4) is 5.75 Å². The topological polar surface area (TPSA) is 70.6 Å². The minimum Gasteiger partial charge on any atom is -0.497 e. The summed E-state index contributed by atoms with van der Waals surface area (Å²) in [6.07, 6.45) is 0.550.